The Kier molecular flexibility index (Phi) is 8.55. The maximum atomic E-state index is 13.1. The predicted molar refractivity (Wildman–Crippen MR) is 176 cm³/mol. The van der Waals surface area contributed by atoms with Gasteiger partial charge in [-0.15, -0.1) is 0 Å². The van der Waals surface area contributed by atoms with Crippen molar-refractivity contribution in [2.75, 3.05) is 23.3 Å². The monoisotopic (exact) mass is 631 g/mol. The molecule has 1 saturated heterocycles. The fourth-order valence-electron chi connectivity index (χ4n) is 6.25. The summed E-state index contributed by atoms with van der Waals surface area (Å²) in [7, 11) is -3.57. The second-order valence-corrected chi connectivity index (χ2v) is 14.5. The molecule has 0 bridgehead atoms. The van der Waals surface area contributed by atoms with Crippen LogP contribution < -0.4 is 15.0 Å². The van der Waals surface area contributed by atoms with Crippen molar-refractivity contribution in [3.63, 3.8) is 0 Å². The number of hydrogen-bond donors (Lipinski definition) is 1. The minimum Gasteiger partial charge on any atom is -0.489 e. The van der Waals surface area contributed by atoms with Crippen LogP contribution in [0.4, 0.5) is 23.1 Å². The summed E-state index contributed by atoms with van der Waals surface area (Å²) in [6.07, 6.45) is 3.64. The molecule has 0 saturated carbocycles. The number of benzene rings is 3. The number of aromatic nitrogens is 2. The van der Waals surface area contributed by atoms with Crippen molar-refractivity contribution in [2.24, 2.45) is 0 Å². The molecular formula is C34H38ClN5O3S. The summed E-state index contributed by atoms with van der Waals surface area (Å²) in [5.74, 6) is 1.80. The van der Waals surface area contributed by atoms with Crippen LogP contribution in [0.1, 0.15) is 56.2 Å². The summed E-state index contributed by atoms with van der Waals surface area (Å²) in [5.41, 5.74) is 5.12. The molecule has 1 atom stereocenters. The first-order valence-electron chi connectivity index (χ1n) is 15.1. The number of halogens is 1. The van der Waals surface area contributed by atoms with Crippen LogP contribution in [-0.4, -0.2) is 47.9 Å². The van der Waals surface area contributed by atoms with E-state index in [1.165, 1.54) is 22.9 Å². The van der Waals surface area contributed by atoms with Crippen LogP contribution in [0.5, 0.6) is 5.75 Å². The number of piperidine rings is 1. The largest absolute Gasteiger partial charge is 0.489 e. The van der Waals surface area contributed by atoms with Crippen molar-refractivity contribution < 1.29 is 13.2 Å². The summed E-state index contributed by atoms with van der Waals surface area (Å²) < 4.78 is 32.6. The standard InChI is InChI=1S/C34H38ClN5O3S/c1-22(2)43-31-19-27(26-14-16-39(17-15-26)21-25-10-6-5-7-11-25)23(3)18-29(31)37-34-36-20-28(35)33(38-34)40-24(4)44(41,42)32-13-9-8-12-30(32)40/h5-13,18-20,22,24,26H,14-17,21H2,1-4H3,(H,36,37,38). The van der Waals surface area contributed by atoms with Crippen LogP contribution in [0.2, 0.25) is 5.02 Å². The maximum absolute atomic E-state index is 13.1. The number of anilines is 4. The molecule has 8 nitrogen and oxygen atoms in total. The third-order valence-electron chi connectivity index (χ3n) is 8.45. The number of nitrogens with one attached hydrogen (secondary N) is 1. The van der Waals surface area contributed by atoms with Crippen LogP contribution in [0.15, 0.2) is 77.8 Å². The maximum Gasteiger partial charge on any atom is 0.229 e. The van der Waals surface area contributed by atoms with Gasteiger partial charge in [0.15, 0.2) is 5.82 Å². The Morgan fingerprint density at radius 3 is 2.48 bits per heavy atom. The summed E-state index contributed by atoms with van der Waals surface area (Å²) >= 11 is 6.57. The van der Waals surface area contributed by atoms with Gasteiger partial charge in [-0.05, 0) is 100 Å². The lowest BCUT2D eigenvalue weighted by molar-refractivity contribution is 0.204. The Labute approximate surface area is 265 Å². The van der Waals surface area contributed by atoms with Crippen molar-refractivity contribution in [2.45, 2.75) is 69.4 Å². The predicted octanol–water partition coefficient (Wildman–Crippen LogP) is 7.62. The van der Waals surface area contributed by atoms with Gasteiger partial charge in [-0.3, -0.25) is 4.90 Å². The highest BCUT2D eigenvalue weighted by Crippen LogP contribution is 2.45. The molecule has 3 heterocycles. The fraction of sp³-hybridized carbons (Fsp3) is 0.353. The fourth-order valence-corrected chi connectivity index (χ4v) is 8.01. The van der Waals surface area contributed by atoms with E-state index in [0.29, 0.717) is 23.4 Å². The van der Waals surface area contributed by atoms with Crippen LogP contribution in [0.25, 0.3) is 0 Å². The van der Waals surface area contributed by atoms with Crippen molar-refractivity contribution in [3.05, 3.63) is 94.6 Å². The molecule has 2 aliphatic heterocycles. The third kappa shape index (κ3) is 6.01. The Morgan fingerprint density at radius 1 is 1.05 bits per heavy atom. The van der Waals surface area contributed by atoms with Gasteiger partial charge in [0.1, 0.15) is 16.1 Å². The molecule has 6 rings (SSSR count). The minimum atomic E-state index is -3.57. The number of aryl methyl sites for hydroxylation is 1. The Bertz CT molecular complexity index is 1760. The SMILES string of the molecule is Cc1cc(Nc2ncc(Cl)c(N3c4ccccc4S(=O)(=O)C3C)n2)c(OC(C)C)cc1C1CCN(Cc2ccccc2)CC1. The topological polar surface area (TPSA) is 87.7 Å². The zero-order chi connectivity index (χ0) is 31.0. The molecule has 4 aromatic rings. The highest BCUT2D eigenvalue weighted by Gasteiger charge is 2.42. The molecule has 3 aromatic carbocycles. The van der Waals surface area contributed by atoms with Gasteiger partial charge in [-0.1, -0.05) is 54.1 Å². The van der Waals surface area contributed by atoms with E-state index < -0.39 is 15.2 Å². The van der Waals surface area contributed by atoms with Crippen molar-refractivity contribution in [3.8, 4) is 5.75 Å². The molecule has 230 valence electrons. The molecule has 44 heavy (non-hydrogen) atoms. The number of likely N-dealkylation sites (tertiary alicyclic amines) is 1. The van der Waals surface area contributed by atoms with E-state index in [-0.39, 0.29) is 16.0 Å². The van der Waals surface area contributed by atoms with Gasteiger partial charge < -0.3 is 15.0 Å². The van der Waals surface area contributed by atoms with E-state index in [9.17, 15) is 8.42 Å². The number of ether oxygens (including phenoxy) is 1. The molecule has 0 spiro atoms. The van der Waals surface area contributed by atoms with E-state index in [0.717, 1.165) is 43.9 Å². The molecule has 10 heteroatoms. The van der Waals surface area contributed by atoms with Gasteiger partial charge in [0.25, 0.3) is 0 Å². The molecular weight excluding hydrogens is 594 g/mol. The van der Waals surface area contributed by atoms with E-state index in [1.54, 1.807) is 36.1 Å². The van der Waals surface area contributed by atoms with Crippen molar-refractivity contribution in [1.29, 1.82) is 0 Å². The first-order valence-corrected chi connectivity index (χ1v) is 17.0. The van der Waals surface area contributed by atoms with Gasteiger partial charge >= 0.3 is 0 Å². The highest BCUT2D eigenvalue weighted by atomic mass is 35.5. The summed E-state index contributed by atoms with van der Waals surface area (Å²) in [6.45, 7) is 10.9. The van der Waals surface area contributed by atoms with Gasteiger partial charge in [0.2, 0.25) is 15.8 Å². The minimum absolute atomic E-state index is 0.0346. The number of rotatable bonds is 8. The van der Waals surface area contributed by atoms with Crippen molar-refractivity contribution >= 4 is 44.6 Å². The van der Waals surface area contributed by atoms with Crippen LogP contribution in [0.3, 0.4) is 0 Å². The molecule has 2 aliphatic rings. The van der Waals surface area contributed by atoms with Crippen LogP contribution in [-0.2, 0) is 16.4 Å². The first-order chi connectivity index (χ1) is 21.1. The van der Waals surface area contributed by atoms with E-state index in [1.807, 2.05) is 13.8 Å². The average Bonchev–Trinajstić information content (AvgIpc) is 3.21. The summed E-state index contributed by atoms with van der Waals surface area (Å²) in [6, 6.07) is 21.8. The van der Waals surface area contributed by atoms with Gasteiger partial charge in [0.05, 0.1) is 28.6 Å². The van der Waals surface area contributed by atoms with Crippen molar-refractivity contribution in [1.82, 2.24) is 14.9 Å². The second kappa shape index (κ2) is 12.4. The van der Waals surface area contributed by atoms with Crippen LogP contribution >= 0.6 is 11.6 Å². The van der Waals surface area contributed by atoms with E-state index in [2.05, 4.69) is 64.6 Å². The summed E-state index contributed by atoms with van der Waals surface area (Å²) in [4.78, 5) is 13.6. The highest BCUT2D eigenvalue weighted by molar-refractivity contribution is 7.92. The lowest BCUT2D eigenvalue weighted by atomic mass is 9.86. The quantitative estimate of drug-likeness (QED) is 0.212. The van der Waals surface area contributed by atoms with Gasteiger partial charge in [-0.25, -0.2) is 13.4 Å². The van der Waals surface area contributed by atoms with E-state index >= 15 is 0 Å². The number of nitrogens with zero attached hydrogens (tertiary/aromatic N) is 4. The Morgan fingerprint density at radius 2 is 1.75 bits per heavy atom. The number of hydrogen-bond acceptors (Lipinski definition) is 8. The van der Waals surface area contributed by atoms with Crippen LogP contribution in [0, 0.1) is 6.92 Å². The molecule has 1 N–H and O–H groups in total. The molecule has 1 unspecified atom stereocenters. The average molecular weight is 632 g/mol. The normalized spacial score (nSPS) is 18.4. The Balaban J connectivity index is 1.25. The van der Waals surface area contributed by atoms with Gasteiger partial charge in [0, 0.05) is 6.54 Å². The van der Waals surface area contributed by atoms with E-state index in [4.69, 9.17) is 21.3 Å². The molecule has 1 aromatic heterocycles. The summed E-state index contributed by atoms with van der Waals surface area (Å²) in [5, 5.41) is 2.75. The molecule has 0 radical (unpaired) electrons. The molecule has 1 fully saturated rings. The number of para-hydroxylation sites is 1. The lowest BCUT2D eigenvalue weighted by Gasteiger charge is -2.33. The number of sulfone groups is 1. The molecule has 0 amide bonds. The number of fused-ring (bicyclic) bond motifs is 1. The molecule has 0 aliphatic carbocycles. The first kappa shape index (κ1) is 30.4. The second-order valence-electron chi connectivity index (χ2n) is 11.9. The lowest BCUT2D eigenvalue weighted by Crippen LogP contribution is -2.32. The van der Waals surface area contributed by atoms with Gasteiger partial charge in [-0.2, -0.15) is 4.98 Å². The Hall–Kier alpha value is -3.66. The third-order valence-corrected chi connectivity index (χ3v) is 10.8. The zero-order valence-corrected chi connectivity index (χ0v) is 27.1. The zero-order valence-electron chi connectivity index (χ0n) is 25.5. The smallest absolute Gasteiger partial charge is 0.229 e.